The zero-order valence-electron chi connectivity index (χ0n) is 16.1. The number of urea groups is 1. The van der Waals surface area contributed by atoms with Crippen molar-refractivity contribution in [1.29, 1.82) is 0 Å². The molecule has 0 spiro atoms. The fourth-order valence-corrected chi connectivity index (χ4v) is 5.70. The molecule has 0 bridgehead atoms. The lowest BCUT2D eigenvalue weighted by Crippen LogP contribution is -2.48. The highest BCUT2D eigenvalue weighted by Gasteiger charge is 2.43. The number of hydrogen-bond acceptors (Lipinski definition) is 5. The van der Waals surface area contributed by atoms with Gasteiger partial charge in [-0.05, 0) is 30.0 Å². The molecule has 0 radical (unpaired) electrons. The maximum Gasteiger partial charge on any atom is 0.322 e. The smallest absolute Gasteiger partial charge is 0.322 e. The SMILES string of the molecule is CC[C@@H]1CN(C(=O)Nc2cccc(Cl)c2)[C@H](CO)[C@@H]1CN1CCS(=O)(=O)CC1. The Balaban J connectivity index is 1.68. The van der Waals surface area contributed by atoms with E-state index in [1.54, 1.807) is 29.2 Å². The molecule has 9 heteroatoms. The second kappa shape index (κ2) is 8.98. The van der Waals surface area contributed by atoms with Crippen LogP contribution in [0.1, 0.15) is 13.3 Å². The average molecular weight is 430 g/mol. The number of carbonyl (C=O) groups excluding carboxylic acids is 1. The number of benzene rings is 1. The number of anilines is 1. The standard InChI is InChI=1S/C19H28ClN3O4S/c1-2-14-11-23(19(25)21-16-5-3-4-15(20)10-16)18(13-24)17(14)12-22-6-8-28(26,27)9-7-22/h3-5,10,14,17-18,24H,2,6-9,11-13H2,1H3,(H,21,25)/t14-,17-,18-/m1/s1. The van der Waals surface area contributed by atoms with Gasteiger partial charge in [0.1, 0.15) is 0 Å². The molecule has 28 heavy (non-hydrogen) atoms. The average Bonchev–Trinajstić information content (AvgIpc) is 3.01. The van der Waals surface area contributed by atoms with Gasteiger partial charge >= 0.3 is 6.03 Å². The molecule has 2 fully saturated rings. The number of rotatable bonds is 5. The molecule has 0 aromatic heterocycles. The van der Waals surface area contributed by atoms with E-state index in [0.29, 0.717) is 36.9 Å². The van der Waals surface area contributed by atoms with Crippen molar-refractivity contribution in [3.05, 3.63) is 29.3 Å². The number of amides is 2. The Morgan fingerprint density at radius 2 is 2.04 bits per heavy atom. The Bertz CT molecular complexity index is 790. The van der Waals surface area contributed by atoms with Gasteiger partial charge in [-0.25, -0.2) is 13.2 Å². The fourth-order valence-electron chi connectivity index (χ4n) is 4.23. The van der Waals surface area contributed by atoms with Crippen molar-refractivity contribution in [2.24, 2.45) is 11.8 Å². The van der Waals surface area contributed by atoms with Crippen LogP contribution in [0.5, 0.6) is 0 Å². The van der Waals surface area contributed by atoms with E-state index < -0.39 is 9.84 Å². The lowest BCUT2D eigenvalue weighted by molar-refractivity contribution is 0.126. The van der Waals surface area contributed by atoms with Crippen LogP contribution in [0.15, 0.2) is 24.3 Å². The van der Waals surface area contributed by atoms with E-state index in [2.05, 4.69) is 17.1 Å². The van der Waals surface area contributed by atoms with Crippen molar-refractivity contribution in [2.75, 3.05) is 49.6 Å². The summed E-state index contributed by atoms with van der Waals surface area (Å²) >= 11 is 5.99. The van der Waals surface area contributed by atoms with Crippen molar-refractivity contribution < 1.29 is 18.3 Å². The van der Waals surface area contributed by atoms with Crippen LogP contribution in [-0.4, -0.2) is 79.7 Å². The molecule has 2 saturated heterocycles. The maximum absolute atomic E-state index is 12.8. The predicted octanol–water partition coefficient (Wildman–Crippen LogP) is 1.92. The highest BCUT2D eigenvalue weighted by atomic mass is 35.5. The van der Waals surface area contributed by atoms with Gasteiger partial charge in [0.05, 0.1) is 24.2 Å². The minimum absolute atomic E-state index is 0.112. The minimum atomic E-state index is -2.93. The third kappa shape index (κ3) is 4.97. The van der Waals surface area contributed by atoms with E-state index in [4.69, 9.17) is 11.6 Å². The summed E-state index contributed by atoms with van der Waals surface area (Å²) in [6.07, 6.45) is 0.897. The van der Waals surface area contributed by atoms with E-state index in [-0.39, 0.29) is 42.0 Å². The number of nitrogens with zero attached hydrogens (tertiary/aromatic N) is 2. The summed E-state index contributed by atoms with van der Waals surface area (Å²) in [5.74, 6) is 0.736. The molecule has 0 aliphatic carbocycles. The third-order valence-corrected chi connectivity index (χ3v) is 7.73. The van der Waals surface area contributed by atoms with Crippen molar-refractivity contribution in [2.45, 2.75) is 19.4 Å². The Hall–Kier alpha value is -1.35. The highest BCUT2D eigenvalue weighted by molar-refractivity contribution is 7.91. The minimum Gasteiger partial charge on any atom is -0.394 e. The van der Waals surface area contributed by atoms with Gasteiger partial charge in [-0.15, -0.1) is 0 Å². The molecule has 7 nitrogen and oxygen atoms in total. The summed E-state index contributed by atoms with van der Waals surface area (Å²) in [6.45, 7) is 4.27. The number of aliphatic hydroxyl groups is 1. The molecule has 1 aromatic rings. The van der Waals surface area contributed by atoms with Crippen molar-refractivity contribution >= 4 is 33.2 Å². The van der Waals surface area contributed by atoms with Crippen LogP contribution < -0.4 is 5.32 Å². The molecular formula is C19H28ClN3O4S. The molecule has 0 unspecified atom stereocenters. The normalized spacial score (nSPS) is 27.7. The lowest BCUT2D eigenvalue weighted by Gasteiger charge is -2.33. The van der Waals surface area contributed by atoms with Gasteiger partial charge in [-0.2, -0.15) is 0 Å². The van der Waals surface area contributed by atoms with E-state index in [9.17, 15) is 18.3 Å². The topological polar surface area (TPSA) is 90.0 Å². The van der Waals surface area contributed by atoms with Gasteiger partial charge in [0.25, 0.3) is 0 Å². The first kappa shape index (κ1) is 21.4. The number of sulfone groups is 1. The van der Waals surface area contributed by atoms with E-state index in [0.717, 1.165) is 6.42 Å². The number of aliphatic hydroxyl groups excluding tert-OH is 1. The predicted molar refractivity (Wildman–Crippen MR) is 110 cm³/mol. The zero-order chi connectivity index (χ0) is 20.3. The van der Waals surface area contributed by atoms with Crippen LogP contribution in [0.4, 0.5) is 10.5 Å². The summed E-state index contributed by atoms with van der Waals surface area (Å²) in [5, 5.41) is 13.4. The van der Waals surface area contributed by atoms with Crippen LogP contribution in [0.25, 0.3) is 0 Å². The summed E-state index contributed by atoms with van der Waals surface area (Å²) in [7, 11) is -2.93. The van der Waals surface area contributed by atoms with E-state index in [1.807, 2.05) is 0 Å². The second-order valence-corrected chi connectivity index (χ2v) is 10.4. The van der Waals surface area contributed by atoms with Gasteiger partial charge in [-0.3, -0.25) is 0 Å². The molecule has 3 atom stereocenters. The van der Waals surface area contributed by atoms with Gasteiger partial charge < -0.3 is 20.2 Å². The van der Waals surface area contributed by atoms with Crippen LogP contribution in [-0.2, 0) is 9.84 Å². The van der Waals surface area contributed by atoms with Gasteiger partial charge in [0.15, 0.2) is 9.84 Å². The van der Waals surface area contributed by atoms with Crippen molar-refractivity contribution in [3.8, 4) is 0 Å². The van der Waals surface area contributed by atoms with Gasteiger partial charge in [-0.1, -0.05) is 31.0 Å². The van der Waals surface area contributed by atoms with E-state index in [1.165, 1.54) is 0 Å². The summed E-state index contributed by atoms with van der Waals surface area (Å²) in [5.41, 5.74) is 0.618. The Kier molecular flexibility index (Phi) is 6.85. The maximum atomic E-state index is 12.8. The number of nitrogens with one attached hydrogen (secondary N) is 1. The Morgan fingerprint density at radius 3 is 2.64 bits per heavy atom. The van der Waals surface area contributed by atoms with Crippen LogP contribution in [0.2, 0.25) is 5.02 Å². The van der Waals surface area contributed by atoms with Crippen molar-refractivity contribution in [3.63, 3.8) is 0 Å². The molecule has 1 aromatic carbocycles. The summed E-state index contributed by atoms with van der Waals surface area (Å²) in [6, 6.07) is 6.44. The molecular weight excluding hydrogens is 402 g/mol. The van der Waals surface area contributed by atoms with Crippen LogP contribution in [0, 0.1) is 11.8 Å². The van der Waals surface area contributed by atoms with Crippen LogP contribution >= 0.6 is 11.6 Å². The first-order valence-corrected chi connectivity index (χ1v) is 11.9. The number of hydrogen-bond donors (Lipinski definition) is 2. The molecule has 3 rings (SSSR count). The summed E-state index contributed by atoms with van der Waals surface area (Å²) in [4.78, 5) is 16.7. The van der Waals surface area contributed by atoms with Crippen molar-refractivity contribution in [1.82, 2.24) is 9.80 Å². The second-order valence-electron chi connectivity index (χ2n) is 7.63. The number of halogens is 1. The quantitative estimate of drug-likeness (QED) is 0.746. The highest BCUT2D eigenvalue weighted by Crippen LogP contribution is 2.33. The fraction of sp³-hybridized carbons (Fsp3) is 0.632. The molecule has 2 heterocycles. The Labute approximate surface area is 171 Å². The monoisotopic (exact) mass is 429 g/mol. The zero-order valence-corrected chi connectivity index (χ0v) is 17.6. The van der Waals surface area contributed by atoms with Gasteiger partial charge in [0, 0.05) is 36.9 Å². The number of likely N-dealkylation sites (tertiary alicyclic amines) is 1. The van der Waals surface area contributed by atoms with Crippen LogP contribution in [0.3, 0.4) is 0 Å². The Morgan fingerprint density at radius 1 is 1.32 bits per heavy atom. The lowest BCUT2D eigenvalue weighted by atomic mass is 9.88. The molecule has 0 saturated carbocycles. The first-order chi connectivity index (χ1) is 13.3. The third-order valence-electron chi connectivity index (χ3n) is 5.89. The molecule has 2 N–H and O–H groups in total. The molecule has 156 valence electrons. The first-order valence-electron chi connectivity index (χ1n) is 9.69. The molecule has 2 aliphatic rings. The molecule has 2 amide bonds. The summed E-state index contributed by atoms with van der Waals surface area (Å²) < 4.78 is 23.4. The van der Waals surface area contributed by atoms with Gasteiger partial charge in [0.2, 0.25) is 0 Å². The van der Waals surface area contributed by atoms with E-state index >= 15 is 0 Å². The largest absolute Gasteiger partial charge is 0.394 e. The number of carbonyl (C=O) groups is 1. The molecule has 2 aliphatic heterocycles.